The summed E-state index contributed by atoms with van der Waals surface area (Å²) < 4.78 is 0. The highest BCUT2D eigenvalue weighted by molar-refractivity contribution is 5.74. The molecule has 1 fully saturated rings. The van der Waals surface area contributed by atoms with Gasteiger partial charge < -0.3 is 5.11 Å². The highest BCUT2D eigenvalue weighted by Crippen LogP contribution is 2.37. The van der Waals surface area contributed by atoms with Crippen molar-refractivity contribution in [3.8, 4) is 0 Å². The van der Waals surface area contributed by atoms with Gasteiger partial charge in [-0.15, -0.1) is 0 Å². The number of carboxylic acids is 1. The fourth-order valence-electron chi connectivity index (χ4n) is 2.99. The van der Waals surface area contributed by atoms with Gasteiger partial charge in [-0.1, -0.05) is 19.1 Å². The average Bonchev–Trinajstić information content (AvgIpc) is 2.84. The van der Waals surface area contributed by atoms with Crippen LogP contribution in [0.4, 0.5) is 5.69 Å². The van der Waals surface area contributed by atoms with Crippen molar-refractivity contribution in [2.75, 3.05) is 13.1 Å². The molecular formula is C15H20N2O4. The Kier molecular flexibility index (Phi) is 4.27. The number of nitrogens with zero attached hydrogens (tertiary/aromatic N) is 2. The van der Waals surface area contributed by atoms with Crippen LogP contribution < -0.4 is 0 Å². The molecule has 1 aliphatic heterocycles. The smallest absolute Gasteiger partial charge is 0.310 e. The van der Waals surface area contributed by atoms with Crippen molar-refractivity contribution in [1.82, 2.24) is 4.90 Å². The fourth-order valence-corrected chi connectivity index (χ4v) is 2.99. The summed E-state index contributed by atoms with van der Waals surface area (Å²) in [4.78, 5) is 24.0. The van der Waals surface area contributed by atoms with Gasteiger partial charge in [0.2, 0.25) is 0 Å². The van der Waals surface area contributed by atoms with E-state index in [0.29, 0.717) is 19.5 Å². The second kappa shape index (κ2) is 5.81. The number of non-ortho nitro benzene ring substituents is 1. The van der Waals surface area contributed by atoms with Crippen LogP contribution in [0.2, 0.25) is 0 Å². The molecule has 2 rings (SSSR count). The summed E-state index contributed by atoms with van der Waals surface area (Å²) in [6.45, 7) is 4.95. The van der Waals surface area contributed by atoms with Gasteiger partial charge in [-0.05, 0) is 31.9 Å². The maximum absolute atomic E-state index is 11.3. The van der Waals surface area contributed by atoms with Gasteiger partial charge in [-0.2, -0.15) is 0 Å². The molecule has 0 saturated carbocycles. The van der Waals surface area contributed by atoms with Crippen molar-refractivity contribution in [3.63, 3.8) is 0 Å². The quantitative estimate of drug-likeness (QED) is 0.666. The molecule has 2 unspecified atom stereocenters. The van der Waals surface area contributed by atoms with E-state index in [4.69, 9.17) is 0 Å². The van der Waals surface area contributed by atoms with E-state index in [1.807, 2.05) is 13.0 Å². The number of carbonyl (C=O) groups is 1. The van der Waals surface area contributed by atoms with Crippen LogP contribution in [0.3, 0.4) is 0 Å². The molecule has 1 aromatic rings. The molecule has 1 heterocycles. The van der Waals surface area contributed by atoms with Crippen LogP contribution in [-0.2, 0) is 4.79 Å². The molecule has 2 atom stereocenters. The summed E-state index contributed by atoms with van der Waals surface area (Å²) in [6, 6.07) is 6.64. The topological polar surface area (TPSA) is 83.7 Å². The molecule has 6 nitrogen and oxygen atoms in total. The monoisotopic (exact) mass is 292 g/mol. The van der Waals surface area contributed by atoms with Crippen LogP contribution in [0, 0.1) is 15.5 Å². The minimum absolute atomic E-state index is 0.0195. The standard InChI is InChI=1S/C15H20N2O4/c1-3-13(11-5-4-6-12(9-11)17(20)21)16-8-7-15(2,10-16)14(18)19/h4-6,9,13H,3,7-8,10H2,1-2H3,(H,18,19). The lowest BCUT2D eigenvalue weighted by molar-refractivity contribution is -0.385. The highest BCUT2D eigenvalue weighted by Gasteiger charge is 2.42. The summed E-state index contributed by atoms with van der Waals surface area (Å²) in [6.07, 6.45) is 1.39. The maximum atomic E-state index is 11.3. The van der Waals surface area contributed by atoms with E-state index in [2.05, 4.69) is 4.90 Å². The summed E-state index contributed by atoms with van der Waals surface area (Å²) in [5, 5.41) is 20.2. The average molecular weight is 292 g/mol. The Morgan fingerprint density at radius 3 is 2.81 bits per heavy atom. The molecule has 1 aromatic carbocycles. The molecular weight excluding hydrogens is 272 g/mol. The van der Waals surface area contributed by atoms with Gasteiger partial charge in [0.05, 0.1) is 10.3 Å². The van der Waals surface area contributed by atoms with Crippen LogP contribution >= 0.6 is 0 Å². The van der Waals surface area contributed by atoms with Crippen molar-refractivity contribution in [2.45, 2.75) is 32.7 Å². The molecule has 1 saturated heterocycles. The number of hydrogen-bond donors (Lipinski definition) is 1. The van der Waals surface area contributed by atoms with E-state index in [0.717, 1.165) is 12.0 Å². The molecule has 21 heavy (non-hydrogen) atoms. The fraction of sp³-hybridized carbons (Fsp3) is 0.533. The first-order valence-electron chi connectivity index (χ1n) is 7.09. The van der Waals surface area contributed by atoms with Gasteiger partial charge >= 0.3 is 5.97 Å². The highest BCUT2D eigenvalue weighted by atomic mass is 16.6. The molecule has 114 valence electrons. The van der Waals surface area contributed by atoms with Crippen molar-refractivity contribution < 1.29 is 14.8 Å². The molecule has 1 N–H and O–H groups in total. The lowest BCUT2D eigenvalue weighted by Crippen LogP contribution is -2.33. The zero-order valence-corrected chi connectivity index (χ0v) is 12.3. The normalized spacial score (nSPS) is 23.9. The van der Waals surface area contributed by atoms with E-state index >= 15 is 0 Å². The van der Waals surface area contributed by atoms with Gasteiger partial charge in [-0.25, -0.2) is 0 Å². The van der Waals surface area contributed by atoms with E-state index in [1.165, 1.54) is 6.07 Å². The number of carboxylic acid groups (broad SMARTS) is 1. The second-order valence-electron chi connectivity index (χ2n) is 5.86. The van der Waals surface area contributed by atoms with Gasteiger partial charge in [0.1, 0.15) is 0 Å². The number of nitro groups is 1. The van der Waals surface area contributed by atoms with Crippen LogP contribution in [0.5, 0.6) is 0 Å². The molecule has 0 aromatic heterocycles. The third-order valence-corrected chi connectivity index (χ3v) is 4.31. The minimum Gasteiger partial charge on any atom is -0.481 e. The molecule has 0 spiro atoms. The minimum atomic E-state index is -0.779. The van der Waals surface area contributed by atoms with Crippen LogP contribution in [0.1, 0.15) is 38.3 Å². The molecule has 1 aliphatic rings. The third-order valence-electron chi connectivity index (χ3n) is 4.31. The van der Waals surface area contributed by atoms with Crippen molar-refractivity contribution >= 4 is 11.7 Å². The summed E-state index contributed by atoms with van der Waals surface area (Å²) in [7, 11) is 0. The van der Waals surface area contributed by atoms with E-state index in [9.17, 15) is 20.0 Å². The Balaban J connectivity index is 2.23. The van der Waals surface area contributed by atoms with Gasteiger partial charge in [0.15, 0.2) is 0 Å². The Hall–Kier alpha value is -1.95. The first-order chi connectivity index (χ1) is 9.87. The summed E-state index contributed by atoms with van der Waals surface area (Å²) >= 11 is 0. The zero-order valence-electron chi connectivity index (χ0n) is 12.3. The number of benzene rings is 1. The predicted molar refractivity (Wildman–Crippen MR) is 78.1 cm³/mol. The molecule has 0 amide bonds. The Labute approximate surface area is 123 Å². The van der Waals surface area contributed by atoms with E-state index in [-0.39, 0.29) is 11.7 Å². The summed E-state index contributed by atoms with van der Waals surface area (Å²) in [5.74, 6) is -0.779. The van der Waals surface area contributed by atoms with Crippen LogP contribution in [-0.4, -0.2) is 34.0 Å². The van der Waals surface area contributed by atoms with Crippen molar-refractivity contribution in [3.05, 3.63) is 39.9 Å². The number of rotatable bonds is 5. The van der Waals surface area contributed by atoms with E-state index < -0.39 is 16.3 Å². The van der Waals surface area contributed by atoms with Crippen LogP contribution in [0.25, 0.3) is 0 Å². The number of likely N-dealkylation sites (tertiary alicyclic amines) is 1. The van der Waals surface area contributed by atoms with Gasteiger partial charge in [0, 0.05) is 24.7 Å². The first kappa shape index (κ1) is 15.4. The summed E-state index contributed by atoms with van der Waals surface area (Å²) in [5.41, 5.74) is 0.223. The molecule has 0 bridgehead atoms. The lowest BCUT2D eigenvalue weighted by atomic mass is 9.90. The Morgan fingerprint density at radius 1 is 1.57 bits per heavy atom. The molecule has 0 aliphatic carbocycles. The predicted octanol–water partition coefficient (Wildman–Crippen LogP) is 2.84. The Morgan fingerprint density at radius 2 is 2.29 bits per heavy atom. The largest absolute Gasteiger partial charge is 0.481 e. The molecule has 0 radical (unpaired) electrons. The third kappa shape index (κ3) is 3.05. The first-order valence-corrected chi connectivity index (χ1v) is 7.09. The van der Waals surface area contributed by atoms with E-state index in [1.54, 1.807) is 19.1 Å². The van der Waals surface area contributed by atoms with Crippen molar-refractivity contribution in [1.29, 1.82) is 0 Å². The second-order valence-corrected chi connectivity index (χ2v) is 5.86. The number of nitro benzene ring substituents is 1. The SMILES string of the molecule is CCC(c1cccc([N+](=O)[O-])c1)N1CCC(C)(C(=O)O)C1. The molecule has 6 heteroatoms. The number of aliphatic carboxylic acids is 1. The maximum Gasteiger partial charge on any atom is 0.310 e. The van der Waals surface area contributed by atoms with Crippen LogP contribution in [0.15, 0.2) is 24.3 Å². The van der Waals surface area contributed by atoms with Gasteiger partial charge in [-0.3, -0.25) is 19.8 Å². The number of hydrogen-bond acceptors (Lipinski definition) is 4. The van der Waals surface area contributed by atoms with Gasteiger partial charge in [0.25, 0.3) is 5.69 Å². The van der Waals surface area contributed by atoms with Crippen molar-refractivity contribution in [2.24, 2.45) is 5.41 Å². The lowest BCUT2D eigenvalue weighted by Gasteiger charge is -2.28. The Bertz CT molecular complexity index is 560. The zero-order chi connectivity index (χ0) is 15.6.